The highest BCUT2D eigenvalue weighted by atomic mass is 79.9. The molecule has 3 nitrogen and oxygen atoms in total. The molecule has 1 aliphatic heterocycles. The summed E-state index contributed by atoms with van der Waals surface area (Å²) in [6.45, 7) is 3.19. The van der Waals surface area contributed by atoms with Crippen molar-refractivity contribution >= 4 is 39.1 Å². The molecule has 5 heteroatoms. The highest BCUT2D eigenvalue weighted by molar-refractivity contribution is 9.10. The van der Waals surface area contributed by atoms with Gasteiger partial charge in [-0.3, -0.25) is 4.79 Å². The Kier molecular flexibility index (Phi) is 3.76. The molecule has 1 amide bonds. The number of nitrogens with two attached hydrogens (primary N) is 1. The Morgan fingerprint density at radius 1 is 1.59 bits per heavy atom. The van der Waals surface area contributed by atoms with Gasteiger partial charge in [-0.15, -0.1) is 0 Å². The van der Waals surface area contributed by atoms with E-state index in [-0.39, 0.29) is 11.8 Å². The van der Waals surface area contributed by atoms with Gasteiger partial charge in [-0.25, -0.2) is 0 Å². The van der Waals surface area contributed by atoms with Gasteiger partial charge in [-0.05, 0) is 53.0 Å². The van der Waals surface area contributed by atoms with E-state index in [0.29, 0.717) is 24.5 Å². The molecule has 0 aromatic heterocycles. The van der Waals surface area contributed by atoms with Crippen LogP contribution in [0.5, 0.6) is 0 Å². The van der Waals surface area contributed by atoms with Gasteiger partial charge in [0.15, 0.2) is 0 Å². The minimum absolute atomic E-state index is 0.131. The number of rotatable bonds is 2. The zero-order valence-electron chi connectivity index (χ0n) is 9.54. The Labute approximate surface area is 114 Å². The summed E-state index contributed by atoms with van der Waals surface area (Å²) in [6.07, 6.45) is 0.533. The number of hydrogen-bond donors (Lipinski definition) is 1. The number of benzene rings is 1. The van der Waals surface area contributed by atoms with Crippen molar-refractivity contribution in [3.63, 3.8) is 0 Å². The summed E-state index contributed by atoms with van der Waals surface area (Å²) in [4.78, 5) is 13.7. The quantitative estimate of drug-likeness (QED) is 0.911. The maximum Gasteiger partial charge on any atom is 0.227 e. The second-order valence-corrected chi connectivity index (χ2v) is 5.65. The standard InChI is InChI=1S/C12H14BrClN2O/c1-7-2-9(14)4-10(13)12(7)16-6-8(5-15)3-11(16)17/h2,4,8H,3,5-6,15H2,1H3. The van der Waals surface area contributed by atoms with E-state index in [1.165, 1.54) is 0 Å². The zero-order chi connectivity index (χ0) is 12.6. The summed E-state index contributed by atoms with van der Waals surface area (Å²) in [5, 5.41) is 0.667. The van der Waals surface area contributed by atoms with Crippen LogP contribution in [0.25, 0.3) is 0 Å². The highest BCUT2D eigenvalue weighted by Crippen LogP contribution is 2.36. The first kappa shape index (κ1) is 12.9. The third-order valence-electron chi connectivity index (χ3n) is 3.03. The summed E-state index contributed by atoms with van der Waals surface area (Å²) in [7, 11) is 0. The molecule has 1 saturated heterocycles. The Bertz CT molecular complexity index is 441. The molecule has 17 heavy (non-hydrogen) atoms. The Morgan fingerprint density at radius 3 is 2.82 bits per heavy atom. The van der Waals surface area contributed by atoms with Crippen LogP contribution < -0.4 is 10.6 Å². The molecule has 2 rings (SSSR count). The summed E-state index contributed by atoms with van der Waals surface area (Å²) in [6, 6.07) is 3.68. The first-order valence-corrected chi connectivity index (χ1v) is 6.66. The van der Waals surface area contributed by atoms with Crippen LogP contribution in [0, 0.1) is 12.8 Å². The lowest BCUT2D eigenvalue weighted by Crippen LogP contribution is -2.26. The number of aryl methyl sites for hydroxylation is 1. The van der Waals surface area contributed by atoms with Crippen LogP contribution in [0.2, 0.25) is 5.02 Å². The summed E-state index contributed by atoms with van der Waals surface area (Å²) >= 11 is 9.44. The van der Waals surface area contributed by atoms with Crippen molar-refractivity contribution in [1.29, 1.82) is 0 Å². The van der Waals surface area contributed by atoms with Gasteiger partial charge in [0.25, 0.3) is 0 Å². The van der Waals surface area contributed by atoms with E-state index in [0.717, 1.165) is 15.7 Å². The molecule has 1 unspecified atom stereocenters. The molecule has 1 aliphatic rings. The molecule has 0 saturated carbocycles. The number of halogens is 2. The van der Waals surface area contributed by atoms with Crippen LogP contribution in [0.15, 0.2) is 16.6 Å². The normalized spacial score (nSPS) is 20.1. The summed E-state index contributed by atoms with van der Waals surface area (Å²) < 4.78 is 0.855. The maximum atomic E-state index is 11.9. The third kappa shape index (κ3) is 2.49. The third-order valence-corrected chi connectivity index (χ3v) is 3.85. The number of nitrogens with zero attached hydrogens (tertiary/aromatic N) is 1. The van der Waals surface area contributed by atoms with Gasteiger partial charge in [-0.1, -0.05) is 11.6 Å². The van der Waals surface area contributed by atoms with E-state index < -0.39 is 0 Å². The van der Waals surface area contributed by atoms with Crippen LogP contribution in [-0.4, -0.2) is 19.0 Å². The van der Waals surface area contributed by atoms with Crippen LogP contribution in [-0.2, 0) is 4.79 Å². The highest BCUT2D eigenvalue weighted by Gasteiger charge is 2.31. The molecule has 0 spiro atoms. The van der Waals surface area contributed by atoms with Gasteiger partial charge in [0.1, 0.15) is 0 Å². The lowest BCUT2D eigenvalue weighted by Gasteiger charge is -2.21. The van der Waals surface area contributed by atoms with Gasteiger partial charge in [0, 0.05) is 22.5 Å². The van der Waals surface area contributed by atoms with Crippen LogP contribution in [0.3, 0.4) is 0 Å². The molecule has 0 aliphatic carbocycles. The largest absolute Gasteiger partial charge is 0.330 e. The van der Waals surface area contributed by atoms with E-state index in [1.807, 2.05) is 19.1 Å². The monoisotopic (exact) mass is 316 g/mol. The van der Waals surface area contributed by atoms with E-state index >= 15 is 0 Å². The van der Waals surface area contributed by atoms with Gasteiger partial charge in [0.2, 0.25) is 5.91 Å². The van der Waals surface area contributed by atoms with Crippen LogP contribution in [0.4, 0.5) is 5.69 Å². The lowest BCUT2D eigenvalue weighted by atomic mass is 10.1. The number of carbonyl (C=O) groups excluding carboxylic acids is 1. The fraction of sp³-hybridized carbons (Fsp3) is 0.417. The summed E-state index contributed by atoms with van der Waals surface area (Å²) in [5.41, 5.74) is 7.53. The number of hydrogen-bond acceptors (Lipinski definition) is 2. The predicted molar refractivity (Wildman–Crippen MR) is 73.4 cm³/mol. The fourth-order valence-corrected chi connectivity index (χ4v) is 3.37. The average Bonchev–Trinajstić information content (AvgIpc) is 2.59. The Balaban J connectivity index is 2.38. The molecule has 92 valence electrons. The molecule has 0 bridgehead atoms. The molecule has 1 fully saturated rings. The lowest BCUT2D eigenvalue weighted by molar-refractivity contribution is -0.117. The van der Waals surface area contributed by atoms with Crippen molar-refractivity contribution in [3.05, 3.63) is 27.2 Å². The second kappa shape index (κ2) is 4.96. The molecular formula is C12H14BrClN2O. The van der Waals surface area contributed by atoms with Crippen molar-refractivity contribution in [2.24, 2.45) is 11.7 Å². The number of anilines is 1. The second-order valence-electron chi connectivity index (χ2n) is 4.36. The smallest absolute Gasteiger partial charge is 0.227 e. The van der Waals surface area contributed by atoms with E-state index in [4.69, 9.17) is 17.3 Å². The van der Waals surface area contributed by atoms with E-state index in [9.17, 15) is 4.79 Å². The molecule has 0 radical (unpaired) electrons. The molecule has 1 aromatic carbocycles. The fourth-order valence-electron chi connectivity index (χ4n) is 2.19. The van der Waals surface area contributed by atoms with Crippen LogP contribution >= 0.6 is 27.5 Å². The minimum Gasteiger partial charge on any atom is -0.330 e. The van der Waals surface area contributed by atoms with Crippen LogP contribution in [0.1, 0.15) is 12.0 Å². The molecule has 2 N–H and O–H groups in total. The van der Waals surface area contributed by atoms with Crippen molar-refractivity contribution < 1.29 is 4.79 Å². The molecular weight excluding hydrogens is 304 g/mol. The average molecular weight is 318 g/mol. The van der Waals surface area contributed by atoms with Crippen molar-refractivity contribution in [3.8, 4) is 0 Å². The van der Waals surface area contributed by atoms with Gasteiger partial charge >= 0.3 is 0 Å². The first-order chi connectivity index (χ1) is 8.02. The topological polar surface area (TPSA) is 46.3 Å². The first-order valence-electron chi connectivity index (χ1n) is 5.49. The summed E-state index contributed by atoms with van der Waals surface area (Å²) in [5.74, 6) is 0.385. The van der Waals surface area contributed by atoms with Gasteiger partial charge < -0.3 is 10.6 Å². The van der Waals surface area contributed by atoms with Crippen molar-refractivity contribution in [2.75, 3.05) is 18.0 Å². The molecule has 1 atom stereocenters. The molecule has 1 aromatic rings. The maximum absolute atomic E-state index is 11.9. The van der Waals surface area contributed by atoms with E-state index in [2.05, 4.69) is 15.9 Å². The minimum atomic E-state index is 0.131. The Morgan fingerprint density at radius 2 is 2.29 bits per heavy atom. The zero-order valence-corrected chi connectivity index (χ0v) is 11.9. The van der Waals surface area contributed by atoms with Crippen molar-refractivity contribution in [2.45, 2.75) is 13.3 Å². The Hall–Kier alpha value is -0.580. The molecule has 1 heterocycles. The van der Waals surface area contributed by atoms with Gasteiger partial charge in [-0.2, -0.15) is 0 Å². The predicted octanol–water partition coefficient (Wildman–Crippen LogP) is 2.72. The number of carbonyl (C=O) groups is 1. The van der Waals surface area contributed by atoms with Crippen molar-refractivity contribution in [1.82, 2.24) is 0 Å². The van der Waals surface area contributed by atoms with Gasteiger partial charge in [0.05, 0.1) is 5.69 Å². The SMILES string of the molecule is Cc1cc(Cl)cc(Br)c1N1CC(CN)CC1=O. The van der Waals surface area contributed by atoms with E-state index in [1.54, 1.807) is 4.90 Å². The number of amides is 1.